The van der Waals surface area contributed by atoms with Gasteiger partial charge in [-0.3, -0.25) is 0 Å². The molecule has 2 aromatic rings. The van der Waals surface area contributed by atoms with Crippen LogP contribution >= 0.6 is 35.4 Å². The van der Waals surface area contributed by atoms with Crippen LogP contribution in [0.1, 0.15) is 28.5 Å². The van der Waals surface area contributed by atoms with Gasteiger partial charge in [-0.05, 0) is 43.8 Å². The van der Waals surface area contributed by atoms with Crippen molar-refractivity contribution >= 4 is 52.4 Å². The quantitative estimate of drug-likeness (QED) is 0.586. The second-order valence-corrected chi connectivity index (χ2v) is 6.21. The Morgan fingerprint density at radius 1 is 1.36 bits per heavy atom. The molecule has 0 saturated carbocycles. The predicted octanol–water partition coefficient (Wildman–Crippen LogP) is 3.76. The lowest BCUT2D eigenvalue weighted by Crippen LogP contribution is -2.29. The number of benzene rings is 1. The molecule has 0 saturated heterocycles. The van der Waals surface area contributed by atoms with E-state index in [1.165, 1.54) is 6.20 Å². The summed E-state index contributed by atoms with van der Waals surface area (Å²) in [6.07, 6.45) is 1.40. The van der Waals surface area contributed by atoms with Gasteiger partial charge in [0.15, 0.2) is 5.11 Å². The van der Waals surface area contributed by atoms with Crippen LogP contribution in [0.15, 0.2) is 24.4 Å². The van der Waals surface area contributed by atoms with E-state index in [-0.39, 0.29) is 5.95 Å². The molecule has 25 heavy (non-hydrogen) atoms. The van der Waals surface area contributed by atoms with E-state index in [1.54, 1.807) is 26.0 Å². The number of nitrogens with one attached hydrogen (secondary N) is 2. The maximum atomic E-state index is 11.7. The second kappa shape index (κ2) is 8.94. The minimum Gasteiger partial charge on any atom is -0.462 e. The summed E-state index contributed by atoms with van der Waals surface area (Å²) in [4.78, 5) is 20.0. The molecule has 9 heteroatoms. The first-order chi connectivity index (χ1) is 11.9. The molecule has 0 spiro atoms. The highest BCUT2D eigenvalue weighted by atomic mass is 35.5. The Labute approximate surface area is 160 Å². The Bertz CT molecular complexity index is 802. The van der Waals surface area contributed by atoms with Gasteiger partial charge in [0.05, 0.1) is 17.9 Å². The average molecular weight is 399 g/mol. The summed E-state index contributed by atoms with van der Waals surface area (Å²) < 4.78 is 4.94. The number of ether oxygens (including phenoxy) is 1. The number of thiocarbonyl (C=S) groups is 1. The normalized spacial score (nSPS) is 10.2. The van der Waals surface area contributed by atoms with Crippen molar-refractivity contribution in [3.05, 3.63) is 51.3 Å². The van der Waals surface area contributed by atoms with Crippen LogP contribution in [-0.4, -0.2) is 27.7 Å². The SMILES string of the molecule is CCOC(=O)c1cnc(NC(=S)NCc2ccc(Cl)cc2Cl)nc1C. The number of carbonyl (C=O) groups is 1. The van der Waals surface area contributed by atoms with E-state index in [0.29, 0.717) is 39.6 Å². The molecule has 0 aliphatic heterocycles. The fourth-order valence-corrected chi connectivity index (χ4v) is 2.56. The van der Waals surface area contributed by atoms with Crippen LogP contribution in [0.5, 0.6) is 0 Å². The summed E-state index contributed by atoms with van der Waals surface area (Å²) in [5, 5.41) is 7.31. The van der Waals surface area contributed by atoms with E-state index in [0.717, 1.165) is 5.56 Å². The summed E-state index contributed by atoms with van der Waals surface area (Å²) in [6.45, 7) is 4.14. The topological polar surface area (TPSA) is 76.1 Å². The van der Waals surface area contributed by atoms with Crippen LogP contribution < -0.4 is 10.6 Å². The molecule has 0 fully saturated rings. The van der Waals surface area contributed by atoms with Crippen LogP contribution in [0.25, 0.3) is 0 Å². The predicted molar refractivity (Wildman–Crippen MR) is 102 cm³/mol. The first-order valence-corrected chi connectivity index (χ1v) is 8.56. The number of anilines is 1. The van der Waals surface area contributed by atoms with E-state index in [4.69, 9.17) is 40.2 Å². The Morgan fingerprint density at radius 3 is 2.76 bits per heavy atom. The Hall–Kier alpha value is -1.96. The number of aryl methyl sites for hydroxylation is 1. The average Bonchev–Trinajstić information content (AvgIpc) is 2.54. The van der Waals surface area contributed by atoms with E-state index >= 15 is 0 Å². The van der Waals surface area contributed by atoms with Crippen molar-refractivity contribution in [3.8, 4) is 0 Å². The molecule has 0 amide bonds. The van der Waals surface area contributed by atoms with Gasteiger partial charge in [0.2, 0.25) is 5.95 Å². The third-order valence-electron chi connectivity index (χ3n) is 3.15. The molecular weight excluding hydrogens is 383 g/mol. The monoisotopic (exact) mass is 398 g/mol. The van der Waals surface area contributed by atoms with Crippen LogP contribution in [0.2, 0.25) is 10.0 Å². The summed E-state index contributed by atoms with van der Waals surface area (Å²) in [5.74, 6) is -0.171. The minimum atomic E-state index is -0.454. The fourth-order valence-electron chi connectivity index (χ4n) is 1.92. The van der Waals surface area contributed by atoms with Crippen LogP contribution in [-0.2, 0) is 11.3 Å². The number of hydrogen-bond acceptors (Lipinski definition) is 5. The number of nitrogens with zero attached hydrogens (tertiary/aromatic N) is 2. The van der Waals surface area contributed by atoms with Crippen molar-refractivity contribution in [1.29, 1.82) is 0 Å². The standard InChI is InChI=1S/C16H16Cl2N4O2S/c1-3-24-14(23)12-8-19-15(21-9(12)2)22-16(25)20-7-10-4-5-11(17)6-13(10)18/h4-6,8H,3,7H2,1-2H3,(H2,19,20,21,22,25). The summed E-state index contributed by atoms with van der Waals surface area (Å²) in [6, 6.07) is 5.23. The van der Waals surface area contributed by atoms with Crippen molar-refractivity contribution in [2.24, 2.45) is 0 Å². The maximum absolute atomic E-state index is 11.7. The number of halogens is 2. The van der Waals surface area contributed by atoms with Gasteiger partial charge >= 0.3 is 5.97 Å². The summed E-state index contributed by atoms with van der Waals surface area (Å²) >= 11 is 17.2. The smallest absolute Gasteiger partial charge is 0.341 e. The third-order valence-corrected chi connectivity index (χ3v) is 3.99. The first kappa shape index (κ1) is 19.4. The Morgan fingerprint density at radius 2 is 2.12 bits per heavy atom. The van der Waals surface area contributed by atoms with Crippen molar-refractivity contribution in [3.63, 3.8) is 0 Å². The zero-order valence-electron chi connectivity index (χ0n) is 13.6. The number of carbonyl (C=O) groups excluding carboxylic acids is 1. The zero-order valence-corrected chi connectivity index (χ0v) is 15.9. The molecule has 0 radical (unpaired) electrons. The fraction of sp³-hybridized carbons (Fsp3) is 0.250. The van der Waals surface area contributed by atoms with E-state index in [9.17, 15) is 4.79 Å². The molecule has 1 aromatic carbocycles. The van der Waals surface area contributed by atoms with Crippen molar-refractivity contribution in [2.75, 3.05) is 11.9 Å². The van der Waals surface area contributed by atoms with Crippen molar-refractivity contribution in [1.82, 2.24) is 15.3 Å². The molecule has 6 nitrogen and oxygen atoms in total. The van der Waals surface area contributed by atoms with E-state index in [1.807, 2.05) is 6.07 Å². The Balaban J connectivity index is 1.96. The molecule has 2 rings (SSSR count). The highest BCUT2D eigenvalue weighted by Gasteiger charge is 2.13. The molecule has 132 valence electrons. The van der Waals surface area contributed by atoms with Crippen LogP contribution in [0, 0.1) is 6.92 Å². The third kappa shape index (κ3) is 5.52. The molecule has 2 N–H and O–H groups in total. The molecule has 0 bridgehead atoms. The van der Waals surface area contributed by atoms with Gasteiger partial charge < -0.3 is 15.4 Å². The van der Waals surface area contributed by atoms with E-state index < -0.39 is 5.97 Å². The second-order valence-electron chi connectivity index (χ2n) is 4.96. The summed E-state index contributed by atoms with van der Waals surface area (Å²) in [5.41, 5.74) is 1.67. The highest BCUT2D eigenvalue weighted by molar-refractivity contribution is 7.80. The molecule has 0 aliphatic carbocycles. The molecule has 0 aliphatic rings. The van der Waals surface area contributed by atoms with Crippen LogP contribution in [0.3, 0.4) is 0 Å². The first-order valence-electron chi connectivity index (χ1n) is 7.40. The number of hydrogen-bond donors (Lipinski definition) is 2. The summed E-state index contributed by atoms with van der Waals surface area (Å²) in [7, 11) is 0. The minimum absolute atomic E-state index is 0.283. The number of rotatable bonds is 5. The lowest BCUT2D eigenvalue weighted by molar-refractivity contribution is 0.0524. The van der Waals surface area contributed by atoms with Crippen molar-refractivity contribution in [2.45, 2.75) is 20.4 Å². The Kier molecular flexibility index (Phi) is 6.92. The lowest BCUT2D eigenvalue weighted by Gasteiger charge is -2.11. The number of aromatic nitrogens is 2. The maximum Gasteiger partial charge on any atom is 0.341 e. The van der Waals surface area contributed by atoms with Gasteiger partial charge in [0.25, 0.3) is 0 Å². The van der Waals surface area contributed by atoms with E-state index in [2.05, 4.69) is 20.6 Å². The zero-order chi connectivity index (χ0) is 18.4. The van der Waals surface area contributed by atoms with Gasteiger partial charge in [-0.1, -0.05) is 29.3 Å². The molecule has 1 aromatic heterocycles. The molecular formula is C16H16Cl2N4O2S. The molecule has 0 atom stereocenters. The van der Waals surface area contributed by atoms with Gasteiger partial charge in [-0.2, -0.15) is 0 Å². The highest BCUT2D eigenvalue weighted by Crippen LogP contribution is 2.20. The number of esters is 1. The van der Waals surface area contributed by atoms with Crippen molar-refractivity contribution < 1.29 is 9.53 Å². The van der Waals surface area contributed by atoms with Gasteiger partial charge in [0, 0.05) is 22.8 Å². The molecule has 1 heterocycles. The lowest BCUT2D eigenvalue weighted by atomic mass is 10.2. The van der Waals surface area contributed by atoms with Crippen LogP contribution in [0.4, 0.5) is 5.95 Å². The van der Waals surface area contributed by atoms with Gasteiger partial charge in [-0.15, -0.1) is 0 Å². The van der Waals surface area contributed by atoms with Gasteiger partial charge in [-0.25, -0.2) is 14.8 Å². The molecule has 0 unspecified atom stereocenters. The van der Waals surface area contributed by atoms with Gasteiger partial charge in [0.1, 0.15) is 0 Å². The largest absolute Gasteiger partial charge is 0.462 e.